The molecule has 1 heterocycles. The van der Waals surface area contributed by atoms with Gasteiger partial charge in [-0.25, -0.2) is 0 Å². The Morgan fingerprint density at radius 1 is 0.905 bits per heavy atom. The molecular formula is C18H16O2S. The lowest BCUT2D eigenvalue weighted by molar-refractivity contribution is 0.220. The molecule has 106 valence electrons. The second kappa shape index (κ2) is 6.12. The van der Waals surface area contributed by atoms with Gasteiger partial charge in [0.1, 0.15) is 17.6 Å². The Morgan fingerprint density at radius 3 is 2.19 bits per heavy atom. The molecule has 0 radical (unpaired) electrons. The summed E-state index contributed by atoms with van der Waals surface area (Å²) in [6.45, 7) is 2.02. The first-order valence-corrected chi connectivity index (χ1v) is 7.72. The van der Waals surface area contributed by atoms with E-state index < -0.39 is 6.10 Å². The van der Waals surface area contributed by atoms with E-state index in [0.717, 1.165) is 28.2 Å². The lowest BCUT2D eigenvalue weighted by Gasteiger charge is -2.12. The molecular weight excluding hydrogens is 280 g/mol. The highest BCUT2D eigenvalue weighted by atomic mass is 32.1. The SMILES string of the molecule is Cc1cscc1C(O)c1ccc(Oc2ccccc2)cc1. The van der Waals surface area contributed by atoms with Crippen LogP contribution < -0.4 is 4.74 Å². The van der Waals surface area contributed by atoms with Crippen LogP contribution in [0.5, 0.6) is 11.5 Å². The smallest absolute Gasteiger partial charge is 0.127 e. The Balaban J connectivity index is 1.77. The fraction of sp³-hybridized carbons (Fsp3) is 0.111. The van der Waals surface area contributed by atoms with E-state index in [9.17, 15) is 5.11 Å². The molecule has 1 unspecified atom stereocenters. The number of aryl methyl sites for hydroxylation is 1. The first-order valence-electron chi connectivity index (χ1n) is 6.77. The number of rotatable bonds is 4. The summed E-state index contributed by atoms with van der Waals surface area (Å²) < 4.78 is 5.75. The van der Waals surface area contributed by atoms with Crippen molar-refractivity contribution in [2.24, 2.45) is 0 Å². The van der Waals surface area contributed by atoms with Crippen molar-refractivity contribution >= 4 is 11.3 Å². The second-order valence-corrected chi connectivity index (χ2v) is 5.64. The Hall–Kier alpha value is -2.10. The van der Waals surface area contributed by atoms with Gasteiger partial charge in [0, 0.05) is 0 Å². The summed E-state index contributed by atoms with van der Waals surface area (Å²) in [4.78, 5) is 0. The Morgan fingerprint density at radius 2 is 1.57 bits per heavy atom. The van der Waals surface area contributed by atoms with Gasteiger partial charge in [-0.2, -0.15) is 11.3 Å². The van der Waals surface area contributed by atoms with Crippen LogP contribution in [0.4, 0.5) is 0 Å². The quantitative estimate of drug-likeness (QED) is 0.739. The van der Waals surface area contributed by atoms with Crippen LogP contribution in [0.15, 0.2) is 65.4 Å². The van der Waals surface area contributed by atoms with Crippen LogP contribution in [0, 0.1) is 6.92 Å². The number of ether oxygens (including phenoxy) is 1. The number of thiophene rings is 1. The standard InChI is InChI=1S/C18H16O2S/c1-13-11-21-12-17(13)18(19)14-7-9-16(10-8-14)20-15-5-3-2-4-6-15/h2-12,18-19H,1H3. The minimum Gasteiger partial charge on any atom is -0.457 e. The number of benzene rings is 2. The molecule has 0 aliphatic rings. The zero-order valence-corrected chi connectivity index (χ0v) is 12.5. The number of aliphatic hydroxyl groups excluding tert-OH is 1. The van der Waals surface area contributed by atoms with Crippen LogP contribution >= 0.6 is 11.3 Å². The number of aliphatic hydroxyl groups is 1. The lowest BCUT2D eigenvalue weighted by atomic mass is 10.0. The molecule has 1 N–H and O–H groups in total. The minimum absolute atomic E-state index is 0.581. The molecule has 3 rings (SSSR count). The van der Waals surface area contributed by atoms with Crippen LogP contribution in [0.1, 0.15) is 22.8 Å². The summed E-state index contributed by atoms with van der Waals surface area (Å²) >= 11 is 1.61. The number of para-hydroxylation sites is 1. The average Bonchev–Trinajstić information content (AvgIpc) is 2.94. The molecule has 0 aliphatic heterocycles. The topological polar surface area (TPSA) is 29.5 Å². The molecule has 0 saturated heterocycles. The van der Waals surface area contributed by atoms with Crippen molar-refractivity contribution in [2.45, 2.75) is 13.0 Å². The Labute approximate surface area is 128 Å². The number of hydrogen-bond donors (Lipinski definition) is 1. The Bertz CT molecular complexity index is 702. The van der Waals surface area contributed by atoms with E-state index in [0.29, 0.717) is 0 Å². The molecule has 2 aromatic carbocycles. The molecule has 21 heavy (non-hydrogen) atoms. The maximum Gasteiger partial charge on any atom is 0.127 e. The third-order valence-corrected chi connectivity index (χ3v) is 4.24. The van der Waals surface area contributed by atoms with E-state index >= 15 is 0 Å². The van der Waals surface area contributed by atoms with E-state index in [1.165, 1.54) is 0 Å². The van der Waals surface area contributed by atoms with Gasteiger partial charge in [-0.1, -0.05) is 30.3 Å². The maximum atomic E-state index is 10.4. The maximum absolute atomic E-state index is 10.4. The highest BCUT2D eigenvalue weighted by Crippen LogP contribution is 2.29. The van der Waals surface area contributed by atoms with Gasteiger partial charge >= 0.3 is 0 Å². The molecule has 0 fully saturated rings. The first-order chi connectivity index (χ1) is 10.2. The molecule has 0 aliphatic carbocycles. The predicted molar refractivity (Wildman–Crippen MR) is 86.1 cm³/mol. The summed E-state index contributed by atoms with van der Waals surface area (Å²) in [6, 6.07) is 17.2. The molecule has 1 atom stereocenters. The van der Waals surface area contributed by atoms with Gasteiger partial charge in [0.15, 0.2) is 0 Å². The van der Waals surface area contributed by atoms with Gasteiger partial charge < -0.3 is 9.84 Å². The zero-order chi connectivity index (χ0) is 14.7. The summed E-state index contributed by atoms with van der Waals surface area (Å²) in [5.41, 5.74) is 2.96. The molecule has 0 bridgehead atoms. The lowest BCUT2D eigenvalue weighted by Crippen LogP contribution is -1.99. The molecule has 3 aromatic rings. The normalized spacial score (nSPS) is 12.1. The van der Waals surface area contributed by atoms with E-state index in [1.807, 2.05) is 72.3 Å². The molecule has 0 saturated carbocycles. The van der Waals surface area contributed by atoms with Gasteiger partial charge in [0.2, 0.25) is 0 Å². The largest absolute Gasteiger partial charge is 0.457 e. The van der Waals surface area contributed by atoms with Crippen LogP contribution in [-0.2, 0) is 0 Å². The fourth-order valence-electron chi connectivity index (χ4n) is 2.17. The Kier molecular flexibility index (Phi) is 4.04. The van der Waals surface area contributed by atoms with Gasteiger partial charge in [-0.3, -0.25) is 0 Å². The first kappa shape index (κ1) is 13.9. The van der Waals surface area contributed by atoms with Crippen molar-refractivity contribution in [1.82, 2.24) is 0 Å². The van der Waals surface area contributed by atoms with Gasteiger partial charge in [-0.05, 0) is 58.6 Å². The number of hydrogen-bond acceptors (Lipinski definition) is 3. The van der Waals surface area contributed by atoms with Crippen molar-refractivity contribution in [2.75, 3.05) is 0 Å². The summed E-state index contributed by atoms with van der Waals surface area (Å²) in [5, 5.41) is 14.4. The van der Waals surface area contributed by atoms with Gasteiger partial charge in [0.05, 0.1) is 0 Å². The molecule has 2 nitrogen and oxygen atoms in total. The van der Waals surface area contributed by atoms with Crippen LogP contribution in [0.25, 0.3) is 0 Å². The van der Waals surface area contributed by atoms with Crippen molar-refractivity contribution in [3.63, 3.8) is 0 Å². The molecule has 0 amide bonds. The van der Waals surface area contributed by atoms with Crippen molar-refractivity contribution < 1.29 is 9.84 Å². The van der Waals surface area contributed by atoms with Crippen LogP contribution in [-0.4, -0.2) is 5.11 Å². The second-order valence-electron chi connectivity index (χ2n) is 4.90. The minimum atomic E-state index is -0.581. The summed E-state index contributed by atoms with van der Waals surface area (Å²) in [7, 11) is 0. The van der Waals surface area contributed by atoms with Crippen molar-refractivity contribution in [3.8, 4) is 11.5 Å². The van der Waals surface area contributed by atoms with Crippen molar-refractivity contribution in [3.05, 3.63) is 82.0 Å². The van der Waals surface area contributed by atoms with Crippen LogP contribution in [0.3, 0.4) is 0 Å². The highest BCUT2D eigenvalue weighted by Gasteiger charge is 2.13. The third kappa shape index (κ3) is 3.15. The van der Waals surface area contributed by atoms with E-state index in [1.54, 1.807) is 11.3 Å². The van der Waals surface area contributed by atoms with E-state index in [4.69, 9.17) is 4.74 Å². The van der Waals surface area contributed by atoms with Crippen molar-refractivity contribution in [1.29, 1.82) is 0 Å². The third-order valence-electron chi connectivity index (χ3n) is 3.36. The van der Waals surface area contributed by atoms with Crippen LogP contribution in [0.2, 0.25) is 0 Å². The molecule has 3 heteroatoms. The monoisotopic (exact) mass is 296 g/mol. The van der Waals surface area contributed by atoms with Gasteiger partial charge in [0.25, 0.3) is 0 Å². The molecule has 1 aromatic heterocycles. The fourth-order valence-corrected chi connectivity index (χ4v) is 3.04. The molecule has 0 spiro atoms. The van der Waals surface area contributed by atoms with Gasteiger partial charge in [-0.15, -0.1) is 0 Å². The van der Waals surface area contributed by atoms with E-state index in [-0.39, 0.29) is 0 Å². The van der Waals surface area contributed by atoms with E-state index in [2.05, 4.69) is 0 Å². The predicted octanol–water partition coefficient (Wildman–Crippen LogP) is 4.93. The summed E-state index contributed by atoms with van der Waals surface area (Å²) in [5.74, 6) is 1.57. The average molecular weight is 296 g/mol. The summed E-state index contributed by atoms with van der Waals surface area (Å²) in [6.07, 6.45) is -0.581. The highest BCUT2D eigenvalue weighted by molar-refractivity contribution is 7.08. The zero-order valence-electron chi connectivity index (χ0n) is 11.7.